The minimum atomic E-state index is 0.110. The monoisotopic (exact) mass is 274 g/mol. The van der Waals surface area contributed by atoms with Gasteiger partial charge in [0.05, 0.1) is 0 Å². The van der Waals surface area contributed by atoms with Gasteiger partial charge >= 0.3 is 0 Å². The van der Waals surface area contributed by atoms with Crippen LogP contribution in [-0.4, -0.2) is 37.6 Å². The fourth-order valence-electron chi connectivity index (χ4n) is 2.33. The first kappa shape index (κ1) is 14.6. The van der Waals surface area contributed by atoms with E-state index in [1.54, 1.807) is 6.08 Å². The highest BCUT2D eigenvalue weighted by Crippen LogP contribution is 2.21. The van der Waals surface area contributed by atoms with Gasteiger partial charge in [0.1, 0.15) is 12.4 Å². The molecule has 0 unspecified atom stereocenters. The topological polar surface area (TPSA) is 41.6 Å². The van der Waals surface area contributed by atoms with Crippen LogP contribution >= 0.6 is 0 Å². The number of carbonyl (C=O) groups is 1. The molecular formula is C16H22N2O2. The van der Waals surface area contributed by atoms with Crippen molar-refractivity contribution in [2.45, 2.75) is 12.8 Å². The number of piperidine rings is 1. The minimum absolute atomic E-state index is 0.110. The lowest BCUT2D eigenvalue weighted by Crippen LogP contribution is -2.35. The Morgan fingerprint density at radius 3 is 2.95 bits per heavy atom. The number of hydrogen-bond donors (Lipinski definition) is 1. The number of benzene rings is 1. The zero-order valence-corrected chi connectivity index (χ0v) is 12.0. The lowest BCUT2D eigenvalue weighted by Gasteiger charge is -2.28. The Bertz CT molecular complexity index is 465. The molecule has 1 N–H and O–H groups in total. The minimum Gasteiger partial charge on any atom is -0.489 e. The molecule has 0 aliphatic carbocycles. The Hall–Kier alpha value is -1.81. The summed E-state index contributed by atoms with van der Waals surface area (Å²) in [6.07, 6.45) is 3.55. The largest absolute Gasteiger partial charge is 0.489 e. The molecule has 4 nitrogen and oxygen atoms in total. The Morgan fingerprint density at radius 2 is 2.25 bits per heavy atom. The Kier molecular flexibility index (Phi) is 5.18. The second kappa shape index (κ2) is 7.10. The number of hydrogen-bond acceptors (Lipinski definition) is 3. The summed E-state index contributed by atoms with van der Waals surface area (Å²) in [5.74, 6) is 0.967. The van der Waals surface area contributed by atoms with Gasteiger partial charge in [0.2, 0.25) is 5.91 Å². The van der Waals surface area contributed by atoms with Gasteiger partial charge in [0.25, 0.3) is 0 Å². The number of anilines is 1. The SMILES string of the molecule is C=CCOc1cccc(NC(=O)C2CCN(C)CC2)c1. The van der Waals surface area contributed by atoms with E-state index in [1.165, 1.54) is 0 Å². The van der Waals surface area contributed by atoms with Crippen molar-refractivity contribution >= 4 is 11.6 Å². The first-order valence-electron chi connectivity index (χ1n) is 7.02. The molecule has 1 heterocycles. The molecule has 0 bridgehead atoms. The molecule has 20 heavy (non-hydrogen) atoms. The zero-order valence-electron chi connectivity index (χ0n) is 12.0. The van der Waals surface area contributed by atoms with Crippen molar-refractivity contribution in [1.29, 1.82) is 0 Å². The van der Waals surface area contributed by atoms with Crippen LogP contribution in [0.15, 0.2) is 36.9 Å². The number of ether oxygens (including phenoxy) is 1. The molecule has 108 valence electrons. The third kappa shape index (κ3) is 4.10. The molecule has 4 heteroatoms. The van der Waals surface area contributed by atoms with Crippen molar-refractivity contribution in [3.63, 3.8) is 0 Å². The summed E-state index contributed by atoms with van der Waals surface area (Å²) in [6.45, 7) is 6.05. The number of rotatable bonds is 5. The first-order chi connectivity index (χ1) is 9.69. The van der Waals surface area contributed by atoms with Crippen LogP contribution in [0.1, 0.15) is 12.8 Å². The third-order valence-corrected chi connectivity index (χ3v) is 3.56. The second-order valence-corrected chi connectivity index (χ2v) is 5.19. The fourth-order valence-corrected chi connectivity index (χ4v) is 2.33. The van der Waals surface area contributed by atoms with E-state index in [0.717, 1.165) is 37.4 Å². The Labute approximate surface area is 120 Å². The molecular weight excluding hydrogens is 252 g/mol. The van der Waals surface area contributed by atoms with E-state index in [0.29, 0.717) is 6.61 Å². The third-order valence-electron chi connectivity index (χ3n) is 3.56. The number of nitrogens with one attached hydrogen (secondary N) is 1. The predicted molar refractivity (Wildman–Crippen MR) is 81.0 cm³/mol. The smallest absolute Gasteiger partial charge is 0.227 e. The summed E-state index contributed by atoms with van der Waals surface area (Å²) < 4.78 is 5.46. The van der Waals surface area contributed by atoms with Crippen LogP contribution in [0, 0.1) is 5.92 Å². The van der Waals surface area contributed by atoms with E-state index < -0.39 is 0 Å². The van der Waals surface area contributed by atoms with Crippen molar-refractivity contribution < 1.29 is 9.53 Å². The highest BCUT2D eigenvalue weighted by atomic mass is 16.5. The normalized spacial score (nSPS) is 16.6. The van der Waals surface area contributed by atoms with Crippen molar-refractivity contribution in [2.24, 2.45) is 5.92 Å². The van der Waals surface area contributed by atoms with Crippen LogP contribution in [0.5, 0.6) is 5.75 Å². The van der Waals surface area contributed by atoms with Crippen LogP contribution in [0.2, 0.25) is 0 Å². The molecule has 0 atom stereocenters. The van der Waals surface area contributed by atoms with E-state index in [2.05, 4.69) is 23.8 Å². The van der Waals surface area contributed by atoms with Gasteiger partial charge in [-0.05, 0) is 45.1 Å². The number of nitrogens with zero attached hydrogens (tertiary/aromatic N) is 1. The van der Waals surface area contributed by atoms with E-state index in [-0.39, 0.29) is 11.8 Å². The number of carbonyl (C=O) groups excluding carboxylic acids is 1. The van der Waals surface area contributed by atoms with Gasteiger partial charge in [-0.3, -0.25) is 4.79 Å². The summed E-state index contributed by atoms with van der Waals surface area (Å²) in [7, 11) is 2.09. The van der Waals surface area contributed by atoms with Gasteiger partial charge in [-0.15, -0.1) is 0 Å². The molecule has 0 aromatic heterocycles. The molecule has 0 spiro atoms. The summed E-state index contributed by atoms with van der Waals surface area (Å²) in [5.41, 5.74) is 0.787. The van der Waals surface area contributed by atoms with E-state index in [9.17, 15) is 4.79 Å². The van der Waals surface area contributed by atoms with Crippen LogP contribution in [0.3, 0.4) is 0 Å². The van der Waals surface area contributed by atoms with Crippen molar-refractivity contribution in [3.8, 4) is 5.75 Å². The van der Waals surface area contributed by atoms with Crippen molar-refractivity contribution in [3.05, 3.63) is 36.9 Å². The summed E-state index contributed by atoms with van der Waals surface area (Å²) in [5, 5.41) is 2.98. The van der Waals surface area contributed by atoms with Gasteiger partial charge < -0.3 is 15.0 Å². The van der Waals surface area contributed by atoms with Gasteiger partial charge in [-0.1, -0.05) is 18.7 Å². The van der Waals surface area contributed by atoms with Crippen LogP contribution < -0.4 is 10.1 Å². The molecule has 1 aromatic rings. The standard InChI is InChI=1S/C16H22N2O2/c1-3-11-20-15-6-4-5-14(12-15)17-16(19)13-7-9-18(2)10-8-13/h3-6,12-13H,1,7-11H2,2H3,(H,17,19). The average molecular weight is 274 g/mol. The fraction of sp³-hybridized carbons (Fsp3) is 0.438. The lowest BCUT2D eigenvalue weighted by atomic mass is 9.96. The van der Waals surface area contributed by atoms with E-state index >= 15 is 0 Å². The lowest BCUT2D eigenvalue weighted by molar-refractivity contribution is -0.121. The summed E-state index contributed by atoms with van der Waals surface area (Å²) in [6, 6.07) is 7.47. The summed E-state index contributed by atoms with van der Waals surface area (Å²) >= 11 is 0. The summed E-state index contributed by atoms with van der Waals surface area (Å²) in [4.78, 5) is 14.5. The molecule has 1 saturated heterocycles. The maximum Gasteiger partial charge on any atom is 0.227 e. The van der Waals surface area contributed by atoms with Gasteiger partial charge in [-0.2, -0.15) is 0 Å². The van der Waals surface area contributed by atoms with Crippen LogP contribution in [0.4, 0.5) is 5.69 Å². The Balaban J connectivity index is 1.92. The number of likely N-dealkylation sites (tertiary alicyclic amines) is 1. The Morgan fingerprint density at radius 1 is 1.50 bits per heavy atom. The molecule has 0 saturated carbocycles. The molecule has 0 radical (unpaired) electrons. The highest BCUT2D eigenvalue weighted by molar-refractivity contribution is 5.92. The molecule has 1 fully saturated rings. The quantitative estimate of drug-likeness (QED) is 0.839. The van der Waals surface area contributed by atoms with Crippen molar-refractivity contribution in [2.75, 3.05) is 32.1 Å². The molecule has 1 aromatic carbocycles. The maximum atomic E-state index is 12.2. The predicted octanol–water partition coefficient (Wildman–Crippen LogP) is 2.53. The van der Waals surface area contributed by atoms with Crippen LogP contribution in [0.25, 0.3) is 0 Å². The van der Waals surface area contributed by atoms with Gasteiger partial charge in [0, 0.05) is 17.7 Å². The maximum absolute atomic E-state index is 12.2. The second-order valence-electron chi connectivity index (χ2n) is 5.19. The average Bonchev–Trinajstić information content (AvgIpc) is 2.46. The highest BCUT2D eigenvalue weighted by Gasteiger charge is 2.23. The molecule has 1 amide bonds. The number of amides is 1. The van der Waals surface area contributed by atoms with E-state index in [1.807, 2.05) is 24.3 Å². The van der Waals surface area contributed by atoms with Crippen LogP contribution in [-0.2, 0) is 4.79 Å². The van der Waals surface area contributed by atoms with E-state index in [4.69, 9.17) is 4.74 Å². The molecule has 2 rings (SSSR count). The zero-order chi connectivity index (χ0) is 14.4. The first-order valence-corrected chi connectivity index (χ1v) is 7.02. The molecule has 1 aliphatic heterocycles. The molecule has 1 aliphatic rings. The van der Waals surface area contributed by atoms with Crippen molar-refractivity contribution in [1.82, 2.24) is 4.90 Å². The van der Waals surface area contributed by atoms with Gasteiger partial charge in [0.15, 0.2) is 0 Å². The van der Waals surface area contributed by atoms with Gasteiger partial charge in [-0.25, -0.2) is 0 Å².